The van der Waals surface area contributed by atoms with E-state index in [0.29, 0.717) is 0 Å². The number of benzene rings is 1. The van der Waals surface area contributed by atoms with Crippen molar-refractivity contribution in [1.82, 2.24) is 0 Å². The molecule has 1 atom stereocenters. The number of carbonyl (C=O) groups is 1. The molecule has 0 saturated carbocycles. The average Bonchev–Trinajstić information content (AvgIpc) is 2.36. The number of hydrogen-bond acceptors (Lipinski definition) is 4. The van der Waals surface area contributed by atoms with Gasteiger partial charge in [-0.1, -0.05) is 0 Å². The Kier molecular flexibility index (Phi) is 3.62. The molecule has 0 amide bonds. The van der Waals surface area contributed by atoms with Crippen LogP contribution in [0.25, 0.3) is 0 Å². The summed E-state index contributed by atoms with van der Waals surface area (Å²) < 4.78 is 10.7. The molecule has 0 spiro atoms. The molecule has 1 aromatic carbocycles. The van der Waals surface area contributed by atoms with Crippen LogP contribution < -0.4 is 9.47 Å². The van der Waals surface area contributed by atoms with Gasteiger partial charge < -0.3 is 9.47 Å². The summed E-state index contributed by atoms with van der Waals surface area (Å²) in [6.07, 6.45) is 0.732. The Bertz CT molecular complexity index is 443. The molecule has 3 nitrogen and oxygen atoms in total. The molecule has 1 aliphatic rings. The van der Waals surface area contributed by atoms with Gasteiger partial charge in [0.2, 0.25) is 0 Å². The van der Waals surface area contributed by atoms with Gasteiger partial charge in [0, 0.05) is 16.9 Å². The lowest BCUT2D eigenvalue weighted by atomic mass is 9.99. The third-order valence-electron chi connectivity index (χ3n) is 3.06. The molecular weight excluding hydrogens is 236 g/mol. The maximum Gasteiger partial charge on any atom is 0.143 e. The standard InChI is InChI=1S/C13H16O3S/c1-8(14)13-6-9-10(7-17-13)12(16-3)5-4-11(9)15-2/h4-5,13H,6-7H2,1-3H3. The molecule has 1 heterocycles. The van der Waals surface area contributed by atoms with E-state index in [1.165, 1.54) is 0 Å². The third-order valence-corrected chi connectivity index (χ3v) is 4.41. The van der Waals surface area contributed by atoms with E-state index >= 15 is 0 Å². The van der Waals surface area contributed by atoms with Crippen molar-refractivity contribution in [2.75, 3.05) is 14.2 Å². The van der Waals surface area contributed by atoms with Crippen LogP contribution in [0.4, 0.5) is 0 Å². The zero-order chi connectivity index (χ0) is 12.4. The molecule has 4 heteroatoms. The minimum absolute atomic E-state index is 0.0449. The average molecular weight is 252 g/mol. The number of methoxy groups -OCH3 is 2. The van der Waals surface area contributed by atoms with Gasteiger partial charge >= 0.3 is 0 Å². The fourth-order valence-corrected chi connectivity index (χ4v) is 3.31. The van der Waals surface area contributed by atoms with E-state index in [4.69, 9.17) is 9.47 Å². The Morgan fingerprint density at radius 1 is 1.24 bits per heavy atom. The highest BCUT2D eigenvalue weighted by Gasteiger charge is 2.27. The van der Waals surface area contributed by atoms with Crippen LogP contribution in [0.15, 0.2) is 12.1 Å². The molecule has 17 heavy (non-hydrogen) atoms. The molecule has 0 saturated heterocycles. The largest absolute Gasteiger partial charge is 0.496 e. The van der Waals surface area contributed by atoms with Crippen LogP contribution in [0.1, 0.15) is 18.1 Å². The summed E-state index contributed by atoms with van der Waals surface area (Å²) in [6, 6.07) is 3.83. The lowest BCUT2D eigenvalue weighted by Gasteiger charge is -2.25. The van der Waals surface area contributed by atoms with Gasteiger partial charge in [0.15, 0.2) is 0 Å². The van der Waals surface area contributed by atoms with Crippen molar-refractivity contribution in [3.8, 4) is 11.5 Å². The van der Waals surface area contributed by atoms with Gasteiger partial charge in [-0.05, 0) is 25.5 Å². The van der Waals surface area contributed by atoms with Crippen molar-refractivity contribution in [3.63, 3.8) is 0 Å². The number of hydrogen-bond donors (Lipinski definition) is 0. The zero-order valence-corrected chi connectivity index (χ0v) is 11.1. The van der Waals surface area contributed by atoms with E-state index in [-0.39, 0.29) is 11.0 Å². The van der Waals surface area contributed by atoms with Crippen LogP contribution in [-0.2, 0) is 17.0 Å². The summed E-state index contributed by atoms with van der Waals surface area (Å²) in [7, 11) is 3.33. The number of carbonyl (C=O) groups excluding carboxylic acids is 1. The lowest BCUT2D eigenvalue weighted by molar-refractivity contribution is -0.116. The zero-order valence-electron chi connectivity index (χ0n) is 10.3. The van der Waals surface area contributed by atoms with Gasteiger partial charge in [0.25, 0.3) is 0 Å². The molecule has 0 radical (unpaired) electrons. The van der Waals surface area contributed by atoms with Gasteiger partial charge in [0.05, 0.1) is 19.5 Å². The minimum atomic E-state index is 0.0449. The molecule has 2 rings (SSSR count). The lowest BCUT2D eigenvalue weighted by Crippen LogP contribution is -2.22. The smallest absolute Gasteiger partial charge is 0.143 e. The quantitative estimate of drug-likeness (QED) is 0.828. The van der Waals surface area contributed by atoms with E-state index < -0.39 is 0 Å². The normalized spacial score (nSPS) is 18.4. The van der Waals surface area contributed by atoms with Gasteiger partial charge in [-0.2, -0.15) is 0 Å². The molecule has 0 fully saturated rings. The van der Waals surface area contributed by atoms with Crippen molar-refractivity contribution in [3.05, 3.63) is 23.3 Å². The summed E-state index contributed by atoms with van der Waals surface area (Å²) >= 11 is 1.68. The summed E-state index contributed by atoms with van der Waals surface area (Å²) in [5.74, 6) is 2.77. The summed E-state index contributed by atoms with van der Waals surface area (Å²) in [5.41, 5.74) is 2.28. The van der Waals surface area contributed by atoms with Gasteiger partial charge in [-0.3, -0.25) is 4.79 Å². The van der Waals surface area contributed by atoms with Crippen LogP contribution in [0, 0.1) is 0 Å². The Morgan fingerprint density at radius 3 is 2.35 bits per heavy atom. The van der Waals surface area contributed by atoms with Crippen LogP contribution in [0.2, 0.25) is 0 Å². The van der Waals surface area contributed by atoms with Crippen LogP contribution in [0.3, 0.4) is 0 Å². The summed E-state index contributed by atoms with van der Waals surface area (Å²) in [5, 5.41) is 0.0449. The maximum atomic E-state index is 11.5. The Labute approximate surface area is 105 Å². The van der Waals surface area contributed by atoms with E-state index in [1.54, 1.807) is 32.9 Å². The highest BCUT2D eigenvalue weighted by molar-refractivity contribution is 7.99. The predicted molar refractivity (Wildman–Crippen MR) is 69.0 cm³/mol. The van der Waals surface area contributed by atoms with Gasteiger partial charge in [-0.25, -0.2) is 0 Å². The predicted octanol–water partition coefficient (Wildman–Crippen LogP) is 2.45. The third kappa shape index (κ3) is 2.27. The maximum absolute atomic E-state index is 11.5. The Balaban J connectivity index is 2.43. The number of Topliss-reactive ketones (excluding diaryl/α,β-unsaturated/α-hetero) is 1. The van der Waals surface area contributed by atoms with Gasteiger partial charge in [-0.15, -0.1) is 11.8 Å². The van der Waals surface area contributed by atoms with Crippen molar-refractivity contribution in [2.45, 2.75) is 24.3 Å². The van der Waals surface area contributed by atoms with E-state index in [9.17, 15) is 4.79 Å². The highest BCUT2D eigenvalue weighted by atomic mass is 32.2. The first-order valence-corrected chi connectivity index (χ1v) is 6.57. The Morgan fingerprint density at radius 2 is 1.82 bits per heavy atom. The molecule has 1 aliphatic heterocycles. The highest BCUT2D eigenvalue weighted by Crippen LogP contribution is 2.40. The summed E-state index contributed by atoms with van der Waals surface area (Å²) in [6.45, 7) is 1.65. The number of ether oxygens (including phenoxy) is 2. The minimum Gasteiger partial charge on any atom is -0.496 e. The number of thioether (sulfide) groups is 1. The first kappa shape index (κ1) is 12.3. The molecular formula is C13H16O3S. The molecule has 0 aliphatic carbocycles. The molecule has 0 bridgehead atoms. The SMILES string of the molecule is COc1ccc(OC)c2c1CSC(C(C)=O)C2. The topological polar surface area (TPSA) is 35.5 Å². The number of ketones is 1. The molecule has 1 unspecified atom stereocenters. The van der Waals surface area contributed by atoms with E-state index in [2.05, 4.69) is 0 Å². The van der Waals surface area contributed by atoms with Crippen molar-refractivity contribution in [1.29, 1.82) is 0 Å². The number of rotatable bonds is 3. The fourth-order valence-electron chi connectivity index (χ4n) is 2.10. The molecule has 0 N–H and O–H groups in total. The molecule has 0 aromatic heterocycles. The first-order valence-electron chi connectivity index (χ1n) is 5.52. The van der Waals surface area contributed by atoms with Crippen LogP contribution in [0.5, 0.6) is 11.5 Å². The van der Waals surface area contributed by atoms with E-state index in [0.717, 1.165) is 34.8 Å². The van der Waals surface area contributed by atoms with Crippen molar-refractivity contribution < 1.29 is 14.3 Å². The molecule has 1 aromatic rings. The first-order chi connectivity index (χ1) is 8.17. The fraction of sp³-hybridized carbons (Fsp3) is 0.462. The van der Waals surface area contributed by atoms with E-state index in [1.807, 2.05) is 12.1 Å². The van der Waals surface area contributed by atoms with Crippen molar-refractivity contribution >= 4 is 17.5 Å². The van der Waals surface area contributed by atoms with Crippen LogP contribution >= 0.6 is 11.8 Å². The van der Waals surface area contributed by atoms with Crippen molar-refractivity contribution in [2.24, 2.45) is 0 Å². The second-order valence-corrected chi connectivity index (χ2v) is 5.23. The molecule has 92 valence electrons. The van der Waals surface area contributed by atoms with Gasteiger partial charge in [0.1, 0.15) is 17.3 Å². The summed E-state index contributed by atoms with van der Waals surface area (Å²) in [4.78, 5) is 11.5. The van der Waals surface area contributed by atoms with Crippen LogP contribution in [-0.4, -0.2) is 25.3 Å². The Hall–Kier alpha value is -1.16. The number of fused-ring (bicyclic) bond motifs is 1. The second kappa shape index (κ2) is 5.00. The second-order valence-electron chi connectivity index (χ2n) is 4.04. The monoisotopic (exact) mass is 252 g/mol.